The molecule has 36 heavy (non-hydrogen) atoms. The molecule has 0 aromatic heterocycles. The summed E-state index contributed by atoms with van der Waals surface area (Å²) in [6.07, 6.45) is 8.36. The van der Waals surface area contributed by atoms with Gasteiger partial charge in [-0.25, -0.2) is 18.1 Å². The van der Waals surface area contributed by atoms with Gasteiger partial charge in [-0.05, 0) is 49.4 Å². The SMILES string of the molecule is C=CC(=O)OOc1cc2c(cc1SC)N(c1ccc(N)cc1)CC(CCCC)(CCCC)CS2(=O)=O. The maximum atomic E-state index is 14.0. The minimum Gasteiger partial charge on any atom is -0.399 e. The number of benzene rings is 2. The number of rotatable bonds is 11. The van der Waals surface area contributed by atoms with Crippen LogP contribution in [0.1, 0.15) is 52.4 Å². The number of hydrogen-bond acceptors (Lipinski definition) is 8. The highest BCUT2D eigenvalue weighted by Crippen LogP contribution is 2.47. The summed E-state index contributed by atoms with van der Waals surface area (Å²) < 4.78 is 28.0. The summed E-state index contributed by atoms with van der Waals surface area (Å²) in [5, 5.41) is 0. The molecular formula is C27H36N2O5S2. The molecule has 9 heteroatoms. The van der Waals surface area contributed by atoms with E-state index in [0.29, 0.717) is 22.8 Å². The Balaban J connectivity index is 2.23. The number of sulfone groups is 1. The molecule has 0 unspecified atom stereocenters. The van der Waals surface area contributed by atoms with Gasteiger partial charge >= 0.3 is 5.97 Å². The minimum absolute atomic E-state index is 0.0446. The normalized spacial score (nSPS) is 16.0. The monoisotopic (exact) mass is 532 g/mol. The number of nitrogens with zero attached hydrogens (tertiary/aromatic N) is 1. The van der Waals surface area contributed by atoms with Gasteiger partial charge in [0.25, 0.3) is 0 Å². The highest BCUT2D eigenvalue weighted by molar-refractivity contribution is 7.98. The van der Waals surface area contributed by atoms with Crippen molar-refractivity contribution in [2.45, 2.75) is 62.2 Å². The molecule has 0 fully saturated rings. The third kappa shape index (κ3) is 6.37. The zero-order valence-electron chi connectivity index (χ0n) is 21.3. The van der Waals surface area contributed by atoms with Gasteiger partial charge in [0, 0.05) is 35.5 Å². The number of thioether (sulfide) groups is 1. The van der Waals surface area contributed by atoms with Crippen LogP contribution < -0.4 is 15.5 Å². The standard InChI is InChI=1S/C27H36N2O5S2/c1-5-8-14-27(15-9-6-2)18-29(21-12-10-20(28)11-13-21)22-16-24(35-4)23(33-34-26(30)7-3)17-25(22)36(31,32)19-27/h7,10-13,16-17H,3,5-6,8-9,14-15,18-19,28H2,1-2,4H3. The zero-order chi connectivity index (χ0) is 26.3. The minimum atomic E-state index is -3.70. The van der Waals surface area contributed by atoms with Crippen LogP contribution in [-0.2, 0) is 19.5 Å². The van der Waals surface area contributed by atoms with Crippen LogP contribution in [0.25, 0.3) is 0 Å². The third-order valence-electron chi connectivity index (χ3n) is 6.57. The lowest BCUT2D eigenvalue weighted by atomic mass is 9.79. The summed E-state index contributed by atoms with van der Waals surface area (Å²) in [6.45, 7) is 8.19. The fraction of sp³-hybridized carbons (Fsp3) is 0.444. The molecule has 2 aromatic carbocycles. The van der Waals surface area contributed by atoms with Crippen LogP contribution in [0.5, 0.6) is 5.75 Å². The second kappa shape index (κ2) is 12.1. The number of nitrogens with two attached hydrogens (primary N) is 1. The summed E-state index contributed by atoms with van der Waals surface area (Å²) >= 11 is 1.38. The van der Waals surface area contributed by atoms with E-state index < -0.39 is 21.2 Å². The van der Waals surface area contributed by atoms with Crippen molar-refractivity contribution in [1.82, 2.24) is 0 Å². The molecule has 3 rings (SSSR count). The summed E-state index contributed by atoms with van der Waals surface area (Å²) in [4.78, 5) is 24.6. The quantitative estimate of drug-likeness (QED) is 0.118. The van der Waals surface area contributed by atoms with Crippen molar-refractivity contribution in [3.8, 4) is 5.75 Å². The average Bonchev–Trinajstić information content (AvgIpc) is 2.96. The smallest absolute Gasteiger partial charge is 0.378 e. The van der Waals surface area contributed by atoms with Gasteiger partial charge in [-0.15, -0.1) is 11.8 Å². The summed E-state index contributed by atoms with van der Waals surface area (Å²) in [7, 11) is -3.70. The Morgan fingerprint density at radius 1 is 1.17 bits per heavy atom. The Labute approximate surface area is 218 Å². The highest BCUT2D eigenvalue weighted by atomic mass is 32.2. The topological polar surface area (TPSA) is 98.9 Å². The maximum Gasteiger partial charge on any atom is 0.378 e. The molecular weight excluding hydrogens is 496 g/mol. The first-order chi connectivity index (χ1) is 17.2. The molecule has 0 spiro atoms. The van der Waals surface area contributed by atoms with Crippen LogP contribution >= 0.6 is 11.8 Å². The van der Waals surface area contributed by atoms with Crippen molar-refractivity contribution < 1.29 is 23.0 Å². The van der Waals surface area contributed by atoms with E-state index in [1.54, 1.807) is 6.07 Å². The van der Waals surface area contributed by atoms with Crippen molar-refractivity contribution in [3.63, 3.8) is 0 Å². The molecule has 0 atom stereocenters. The maximum absolute atomic E-state index is 14.0. The van der Waals surface area contributed by atoms with E-state index in [1.165, 1.54) is 17.8 Å². The predicted octanol–water partition coefficient (Wildman–Crippen LogP) is 6.31. The fourth-order valence-corrected chi connectivity index (χ4v) is 7.34. The lowest BCUT2D eigenvalue weighted by molar-refractivity contribution is -0.208. The second-order valence-electron chi connectivity index (χ2n) is 9.30. The third-order valence-corrected chi connectivity index (χ3v) is 9.32. The molecule has 0 bridgehead atoms. The Hall–Kier alpha value is -2.65. The van der Waals surface area contributed by atoms with Gasteiger partial charge in [0.2, 0.25) is 0 Å². The first kappa shape index (κ1) is 27.9. The van der Waals surface area contributed by atoms with Crippen LogP contribution in [0.15, 0.2) is 58.8 Å². The van der Waals surface area contributed by atoms with E-state index in [9.17, 15) is 13.2 Å². The molecule has 0 radical (unpaired) electrons. The molecule has 1 aliphatic rings. The first-order valence-electron chi connectivity index (χ1n) is 12.3. The second-order valence-corrected chi connectivity index (χ2v) is 12.1. The molecule has 2 aromatic rings. The van der Waals surface area contributed by atoms with Crippen molar-refractivity contribution in [1.29, 1.82) is 0 Å². The molecule has 0 amide bonds. The van der Waals surface area contributed by atoms with Gasteiger partial charge in [-0.2, -0.15) is 0 Å². The highest BCUT2D eigenvalue weighted by Gasteiger charge is 2.42. The average molecular weight is 533 g/mol. The lowest BCUT2D eigenvalue weighted by Gasteiger charge is -2.37. The van der Waals surface area contributed by atoms with Gasteiger partial charge in [-0.3, -0.25) is 4.89 Å². The number of carbonyl (C=O) groups is 1. The number of carbonyl (C=O) groups excluding carboxylic acids is 1. The molecule has 2 N–H and O–H groups in total. The molecule has 0 saturated carbocycles. The van der Waals surface area contributed by atoms with Gasteiger partial charge < -0.3 is 10.6 Å². The van der Waals surface area contributed by atoms with Gasteiger partial charge in [-0.1, -0.05) is 46.1 Å². The summed E-state index contributed by atoms with van der Waals surface area (Å²) in [5.41, 5.74) is 7.65. The largest absolute Gasteiger partial charge is 0.399 e. The van der Waals surface area contributed by atoms with Gasteiger partial charge in [0.15, 0.2) is 15.6 Å². The van der Waals surface area contributed by atoms with E-state index in [2.05, 4.69) is 25.3 Å². The predicted molar refractivity (Wildman–Crippen MR) is 147 cm³/mol. The fourth-order valence-electron chi connectivity index (χ4n) is 4.70. The molecule has 1 heterocycles. The van der Waals surface area contributed by atoms with Crippen LogP contribution in [0.4, 0.5) is 17.1 Å². The van der Waals surface area contributed by atoms with E-state index in [4.69, 9.17) is 15.5 Å². The van der Waals surface area contributed by atoms with Crippen molar-refractivity contribution in [2.75, 3.05) is 29.2 Å². The summed E-state index contributed by atoms with van der Waals surface area (Å²) in [5.74, 6) is -0.545. The van der Waals surface area contributed by atoms with Crippen LogP contribution in [-0.4, -0.2) is 32.9 Å². The van der Waals surface area contributed by atoms with E-state index >= 15 is 0 Å². The zero-order valence-corrected chi connectivity index (χ0v) is 22.9. The number of hydrogen-bond donors (Lipinski definition) is 1. The number of anilines is 3. The number of nitrogen functional groups attached to an aromatic ring is 1. The lowest BCUT2D eigenvalue weighted by Crippen LogP contribution is -2.38. The Bertz CT molecular complexity index is 1170. The van der Waals surface area contributed by atoms with Crippen molar-refractivity contribution in [3.05, 3.63) is 49.1 Å². The molecule has 0 saturated heterocycles. The Morgan fingerprint density at radius 2 is 1.81 bits per heavy atom. The van der Waals surface area contributed by atoms with Crippen LogP contribution in [0, 0.1) is 5.41 Å². The number of fused-ring (bicyclic) bond motifs is 1. The van der Waals surface area contributed by atoms with Crippen molar-refractivity contribution >= 4 is 44.6 Å². The van der Waals surface area contributed by atoms with Crippen LogP contribution in [0.3, 0.4) is 0 Å². The summed E-state index contributed by atoms with van der Waals surface area (Å²) in [6, 6.07) is 10.8. The molecule has 196 valence electrons. The Morgan fingerprint density at radius 3 is 2.36 bits per heavy atom. The number of unbranched alkanes of at least 4 members (excludes halogenated alkanes) is 2. The van der Waals surface area contributed by atoms with E-state index in [0.717, 1.165) is 50.3 Å². The first-order valence-corrected chi connectivity index (χ1v) is 15.1. The van der Waals surface area contributed by atoms with E-state index in [-0.39, 0.29) is 16.4 Å². The van der Waals surface area contributed by atoms with Gasteiger partial charge in [0.05, 0.1) is 21.2 Å². The molecule has 7 nitrogen and oxygen atoms in total. The molecule has 1 aliphatic heterocycles. The van der Waals surface area contributed by atoms with Crippen molar-refractivity contribution in [2.24, 2.45) is 5.41 Å². The van der Waals surface area contributed by atoms with Gasteiger partial charge in [0.1, 0.15) is 0 Å². The van der Waals surface area contributed by atoms with Crippen LogP contribution in [0.2, 0.25) is 0 Å². The Kier molecular flexibility index (Phi) is 9.35. The molecule has 0 aliphatic carbocycles. The van der Waals surface area contributed by atoms with E-state index in [1.807, 2.05) is 30.5 Å².